The van der Waals surface area contributed by atoms with Crippen LogP contribution in [0.4, 0.5) is 0 Å². The summed E-state index contributed by atoms with van der Waals surface area (Å²) in [5.41, 5.74) is 4.81. The first kappa shape index (κ1) is 36.7. The molecule has 0 radical (unpaired) electrons. The highest BCUT2D eigenvalue weighted by Crippen LogP contribution is 2.35. The molecular formula is C36H40N2O8S2. The molecule has 4 atom stereocenters. The summed E-state index contributed by atoms with van der Waals surface area (Å²) in [5, 5.41) is 37.3. The fourth-order valence-corrected chi connectivity index (χ4v) is 7.20. The predicted molar refractivity (Wildman–Crippen MR) is 186 cm³/mol. The summed E-state index contributed by atoms with van der Waals surface area (Å²) in [5.74, 6) is -0.727. The molecule has 254 valence electrons. The maximum Gasteiger partial charge on any atom is 0.317 e. The number of hydrogen-bond acceptors (Lipinski definition) is 10. The van der Waals surface area contributed by atoms with Crippen molar-refractivity contribution in [1.29, 1.82) is 0 Å². The first-order valence-electron chi connectivity index (χ1n) is 15.5. The number of ether oxygens (including phenoxy) is 2. The van der Waals surface area contributed by atoms with Crippen molar-refractivity contribution in [2.75, 3.05) is 13.2 Å². The molecule has 12 heteroatoms. The van der Waals surface area contributed by atoms with Crippen LogP contribution in [0.25, 0.3) is 0 Å². The first-order valence-corrected chi connectivity index (χ1v) is 17.8. The van der Waals surface area contributed by atoms with E-state index >= 15 is 0 Å². The van der Waals surface area contributed by atoms with Gasteiger partial charge < -0.3 is 29.9 Å². The average molecular weight is 693 g/mol. The van der Waals surface area contributed by atoms with E-state index in [0.29, 0.717) is 37.6 Å². The van der Waals surface area contributed by atoms with E-state index in [1.807, 2.05) is 48.5 Å². The number of carbonyl (C=O) groups is 2. The number of aliphatic hydroxyl groups excluding tert-OH is 2. The second-order valence-electron chi connectivity index (χ2n) is 11.3. The van der Waals surface area contributed by atoms with E-state index in [0.717, 1.165) is 55.2 Å². The Balaban J connectivity index is 1.21. The highest BCUT2D eigenvalue weighted by atomic mass is 33.1. The third-order valence-electron chi connectivity index (χ3n) is 7.44. The van der Waals surface area contributed by atoms with Gasteiger partial charge in [-0.2, -0.15) is 0 Å². The molecule has 0 aliphatic heterocycles. The number of carboxylic acids is 2. The second kappa shape index (κ2) is 18.4. The Hall–Kier alpha value is -4.10. The Kier molecular flexibility index (Phi) is 14.1. The Morgan fingerprint density at radius 3 is 1.29 bits per heavy atom. The molecule has 0 amide bonds. The lowest BCUT2D eigenvalue weighted by Crippen LogP contribution is -2.22. The van der Waals surface area contributed by atoms with Gasteiger partial charge in [0, 0.05) is 36.6 Å². The number of hydrogen-bond donors (Lipinski definition) is 4. The lowest BCUT2D eigenvalue weighted by Gasteiger charge is -2.16. The number of aromatic nitrogens is 2. The van der Waals surface area contributed by atoms with Crippen molar-refractivity contribution in [3.8, 4) is 11.5 Å². The molecule has 48 heavy (non-hydrogen) atoms. The van der Waals surface area contributed by atoms with Gasteiger partial charge in [0.1, 0.15) is 22.0 Å². The highest BCUT2D eigenvalue weighted by molar-refractivity contribution is 8.77. The van der Waals surface area contributed by atoms with E-state index in [-0.39, 0.29) is 12.8 Å². The minimum atomic E-state index is -1.01. The van der Waals surface area contributed by atoms with Gasteiger partial charge in [-0.1, -0.05) is 58.0 Å². The SMILES string of the molecule is CC(O)c1ccc(CCOc2ccc(CC(SSC(Cc3ccc(OCCc4ccc(C(C)O)cn4)cc3)C(=O)O)C(=O)O)cc2)nc1. The maximum atomic E-state index is 12.0. The Morgan fingerprint density at radius 1 is 0.625 bits per heavy atom. The number of benzene rings is 2. The molecule has 0 spiro atoms. The third-order valence-corrected chi connectivity index (χ3v) is 10.5. The lowest BCUT2D eigenvalue weighted by molar-refractivity contribution is -0.137. The number of pyridine rings is 2. The number of aliphatic carboxylic acids is 2. The Labute approximate surface area is 288 Å². The quantitative estimate of drug-likeness (QED) is 0.0864. The van der Waals surface area contributed by atoms with Crippen LogP contribution in [0.1, 0.15) is 59.7 Å². The van der Waals surface area contributed by atoms with Crippen molar-refractivity contribution in [2.45, 2.75) is 62.2 Å². The summed E-state index contributed by atoms with van der Waals surface area (Å²) in [6.07, 6.45) is 3.82. The number of nitrogens with zero attached hydrogens (tertiary/aromatic N) is 2. The molecule has 2 aromatic carbocycles. The molecule has 10 nitrogen and oxygen atoms in total. The van der Waals surface area contributed by atoms with Crippen molar-refractivity contribution in [1.82, 2.24) is 9.97 Å². The van der Waals surface area contributed by atoms with Crippen molar-refractivity contribution < 1.29 is 39.5 Å². The summed E-state index contributed by atoms with van der Waals surface area (Å²) in [4.78, 5) is 32.8. The van der Waals surface area contributed by atoms with E-state index in [2.05, 4.69) is 9.97 Å². The predicted octanol–water partition coefficient (Wildman–Crippen LogP) is 5.90. The molecular weight excluding hydrogens is 653 g/mol. The number of rotatable bonds is 19. The highest BCUT2D eigenvalue weighted by Gasteiger charge is 2.25. The van der Waals surface area contributed by atoms with Crippen LogP contribution >= 0.6 is 21.6 Å². The fourth-order valence-electron chi connectivity index (χ4n) is 4.54. The van der Waals surface area contributed by atoms with Crippen molar-refractivity contribution in [2.24, 2.45) is 0 Å². The molecule has 0 saturated heterocycles. The molecule has 4 rings (SSSR count). The average Bonchev–Trinajstić information content (AvgIpc) is 3.07. The first-order chi connectivity index (χ1) is 23.1. The molecule has 0 bridgehead atoms. The van der Waals surface area contributed by atoms with Crippen LogP contribution in [0.2, 0.25) is 0 Å². The van der Waals surface area contributed by atoms with E-state index in [9.17, 15) is 30.0 Å². The van der Waals surface area contributed by atoms with Crippen LogP contribution in [0.3, 0.4) is 0 Å². The smallest absolute Gasteiger partial charge is 0.317 e. The van der Waals surface area contributed by atoms with Gasteiger partial charge in [-0.05, 0) is 85.3 Å². The third kappa shape index (κ3) is 11.9. The molecule has 2 aromatic heterocycles. The van der Waals surface area contributed by atoms with Crippen LogP contribution in [-0.4, -0.2) is 66.0 Å². The molecule has 4 unspecified atom stereocenters. The fraction of sp³-hybridized carbons (Fsp3) is 0.333. The van der Waals surface area contributed by atoms with Gasteiger partial charge in [0.05, 0.1) is 25.4 Å². The molecule has 4 aromatic rings. The van der Waals surface area contributed by atoms with E-state index in [1.54, 1.807) is 50.5 Å². The summed E-state index contributed by atoms with van der Waals surface area (Å²) < 4.78 is 11.6. The number of aliphatic hydroxyl groups is 2. The molecule has 0 fully saturated rings. The van der Waals surface area contributed by atoms with Gasteiger partial charge in [0.2, 0.25) is 0 Å². The lowest BCUT2D eigenvalue weighted by atomic mass is 10.1. The van der Waals surface area contributed by atoms with Gasteiger partial charge in [-0.25, -0.2) is 0 Å². The van der Waals surface area contributed by atoms with Crippen LogP contribution in [0, 0.1) is 0 Å². The van der Waals surface area contributed by atoms with Crippen molar-refractivity contribution >= 4 is 33.5 Å². The van der Waals surface area contributed by atoms with Gasteiger partial charge in [-0.3, -0.25) is 19.6 Å². The van der Waals surface area contributed by atoms with Gasteiger partial charge in [0.25, 0.3) is 0 Å². The molecule has 0 aliphatic carbocycles. The van der Waals surface area contributed by atoms with E-state index in [1.165, 1.54) is 0 Å². The minimum Gasteiger partial charge on any atom is -0.493 e. The monoisotopic (exact) mass is 692 g/mol. The van der Waals surface area contributed by atoms with Crippen LogP contribution in [-0.2, 0) is 35.3 Å². The topological polar surface area (TPSA) is 159 Å². The molecule has 4 N–H and O–H groups in total. The van der Waals surface area contributed by atoms with Gasteiger partial charge in [0.15, 0.2) is 0 Å². The summed E-state index contributed by atoms with van der Waals surface area (Å²) in [7, 11) is 2.10. The van der Waals surface area contributed by atoms with E-state index in [4.69, 9.17) is 9.47 Å². The van der Waals surface area contributed by atoms with E-state index < -0.39 is 34.6 Å². The maximum absolute atomic E-state index is 12.0. The Bertz CT molecular complexity index is 1460. The van der Waals surface area contributed by atoms with Gasteiger partial charge in [-0.15, -0.1) is 0 Å². The zero-order valence-corrected chi connectivity index (χ0v) is 28.4. The second-order valence-corrected chi connectivity index (χ2v) is 13.9. The normalized spacial score (nSPS) is 13.7. The molecule has 0 aliphatic rings. The standard InChI is InChI=1S/C36H40N2O8S2/c1-23(39)27-7-9-29(37-21-27)15-17-45-31-11-3-25(4-12-31)19-33(35(41)42)47-48-34(36(43)44)20-26-5-13-32(14-6-26)46-18-16-30-10-8-28(22-38-30)24(2)40/h3-14,21-24,33-34,39-40H,15-20H2,1-2H3,(H,41,42)(H,43,44). The zero-order valence-electron chi connectivity index (χ0n) is 26.8. The van der Waals surface area contributed by atoms with Crippen LogP contribution in [0.5, 0.6) is 11.5 Å². The zero-order chi connectivity index (χ0) is 34.5. The molecule has 2 heterocycles. The van der Waals surface area contributed by atoms with Crippen LogP contribution < -0.4 is 9.47 Å². The van der Waals surface area contributed by atoms with Crippen molar-refractivity contribution in [3.05, 3.63) is 119 Å². The van der Waals surface area contributed by atoms with Crippen LogP contribution in [0.15, 0.2) is 85.2 Å². The summed E-state index contributed by atoms with van der Waals surface area (Å²) in [6, 6.07) is 21.8. The minimum absolute atomic E-state index is 0.228. The summed E-state index contributed by atoms with van der Waals surface area (Å²) >= 11 is 0. The Morgan fingerprint density at radius 2 is 1.00 bits per heavy atom. The summed E-state index contributed by atoms with van der Waals surface area (Å²) in [6.45, 7) is 4.20. The molecule has 0 saturated carbocycles. The van der Waals surface area contributed by atoms with Crippen molar-refractivity contribution in [3.63, 3.8) is 0 Å². The van der Waals surface area contributed by atoms with Gasteiger partial charge >= 0.3 is 11.9 Å². The largest absolute Gasteiger partial charge is 0.493 e. The number of carboxylic acid groups (broad SMARTS) is 2.